The van der Waals surface area contributed by atoms with Gasteiger partial charge in [-0.05, 0) is 33.3 Å². The standard InChI is InChI=1S/C20H26O6/c1-5-14(10-21)20(24)26-17-9-12(3)7-15(22)6-11(2)8-16-18(17)13(4)19(23)25-16/h5,7-8,15-18,21-22H,4,6,9-10H2,1-3H3/b11-8-,12-7-,14-5-. The largest absolute Gasteiger partial charge is 0.458 e. The molecule has 2 aliphatic rings. The van der Waals surface area contributed by atoms with Crippen molar-refractivity contribution in [1.29, 1.82) is 0 Å². The second-order valence-corrected chi connectivity index (χ2v) is 6.84. The first-order valence-electron chi connectivity index (χ1n) is 8.66. The van der Waals surface area contributed by atoms with Crippen molar-refractivity contribution < 1.29 is 29.3 Å². The molecule has 6 heteroatoms. The van der Waals surface area contributed by atoms with E-state index in [0.29, 0.717) is 12.8 Å². The Kier molecular flexibility index (Phi) is 6.56. The lowest BCUT2D eigenvalue weighted by Gasteiger charge is -2.28. The van der Waals surface area contributed by atoms with Crippen molar-refractivity contribution in [2.45, 2.75) is 51.9 Å². The third kappa shape index (κ3) is 4.51. The van der Waals surface area contributed by atoms with Crippen molar-refractivity contribution in [3.05, 3.63) is 47.1 Å². The molecule has 0 aromatic rings. The van der Waals surface area contributed by atoms with Gasteiger partial charge in [0.25, 0.3) is 0 Å². The molecule has 1 aliphatic carbocycles. The lowest BCUT2D eigenvalue weighted by molar-refractivity contribution is -0.147. The van der Waals surface area contributed by atoms with Gasteiger partial charge in [0.2, 0.25) is 0 Å². The Bertz CT molecular complexity index is 684. The molecule has 2 N–H and O–H groups in total. The Morgan fingerprint density at radius 3 is 2.62 bits per heavy atom. The fraction of sp³-hybridized carbons (Fsp3) is 0.500. The van der Waals surface area contributed by atoms with Crippen LogP contribution in [0.2, 0.25) is 0 Å². The minimum absolute atomic E-state index is 0.142. The summed E-state index contributed by atoms with van der Waals surface area (Å²) in [7, 11) is 0. The molecule has 4 atom stereocenters. The van der Waals surface area contributed by atoms with Gasteiger partial charge in [-0.1, -0.05) is 29.9 Å². The zero-order valence-electron chi connectivity index (χ0n) is 15.4. The van der Waals surface area contributed by atoms with E-state index < -0.39 is 42.8 Å². The van der Waals surface area contributed by atoms with Crippen LogP contribution in [-0.2, 0) is 19.1 Å². The monoisotopic (exact) mass is 362 g/mol. The maximum absolute atomic E-state index is 12.3. The van der Waals surface area contributed by atoms with Gasteiger partial charge in [0.1, 0.15) is 12.2 Å². The van der Waals surface area contributed by atoms with E-state index in [9.17, 15) is 19.8 Å². The van der Waals surface area contributed by atoms with E-state index in [4.69, 9.17) is 9.47 Å². The molecule has 0 radical (unpaired) electrons. The summed E-state index contributed by atoms with van der Waals surface area (Å²) in [6.45, 7) is 8.72. The van der Waals surface area contributed by atoms with Crippen molar-refractivity contribution in [3.63, 3.8) is 0 Å². The van der Waals surface area contributed by atoms with Gasteiger partial charge in [-0.15, -0.1) is 0 Å². The third-order valence-corrected chi connectivity index (χ3v) is 4.68. The number of carbonyl (C=O) groups excluding carboxylic acids is 2. The average Bonchev–Trinajstić information content (AvgIpc) is 2.81. The van der Waals surface area contributed by atoms with Crippen LogP contribution in [0.5, 0.6) is 0 Å². The molecule has 4 unspecified atom stereocenters. The fourth-order valence-corrected chi connectivity index (χ4v) is 3.36. The number of hydrogen-bond acceptors (Lipinski definition) is 6. The normalized spacial score (nSPS) is 34.1. The molecular formula is C20H26O6. The topological polar surface area (TPSA) is 93.1 Å². The number of ether oxygens (including phenoxy) is 2. The first-order valence-corrected chi connectivity index (χ1v) is 8.66. The van der Waals surface area contributed by atoms with Crippen molar-refractivity contribution in [2.75, 3.05) is 6.61 Å². The van der Waals surface area contributed by atoms with Crippen molar-refractivity contribution in [2.24, 2.45) is 5.92 Å². The number of esters is 2. The second-order valence-electron chi connectivity index (χ2n) is 6.84. The number of fused-ring (bicyclic) bond motifs is 1. The predicted molar refractivity (Wildman–Crippen MR) is 96.0 cm³/mol. The molecule has 6 nitrogen and oxygen atoms in total. The lowest BCUT2D eigenvalue weighted by atomic mass is 9.85. The van der Waals surface area contributed by atoms with Crippen LogP contribution in [0, 0.1) is 5.92 Å². The first kappa shape index (κ1) is 20.1. The van der Waals surface area contributed by atoms with Crippen LogP contribution in [0.15, 0.2) is 47.1 Å². The Morgan fingerprint density at radius 2 is 2.00 bits per heavy atom. The molecule has 1 saturated heterocycles. The highest BCUT2D eigenvalue weighted by molar-refractivity contribution is 5.92. The Hall–Kier alpha value is -2.18. The van der Waals surface area contributed by atoms with Gasteiger partial charge in [0.15, 0.2) is 0 Å². The van der Waals surface area contributed by atoms with Crippen molar-refractivity contribution in [3.8, 4) is 0 Å². The molecular weight excluding hydrogens is 336 g/mol. The third-order valence-electron chi connectivity index (χ3n) is 4.68. The minimum Gasteiger partial charge on any atom is -0.458 e. The van der Waals surface area contributed by atoms with Crippen LogP contribution in [-0.4, -0.2) is 47.1 Å². The van der Waals surface area contributed by atoms with Gasteiger partial charge in [0.05, 0.1) is 24.2 Å². The molecule has 142 valence electrons. The molecule has 0 saturated carbocycles. The summed E-state index contributed by atoms with van der Waals surface area (Å²) >= 11 is 0. The zero-order chi connectivity index (χ0) is 19.4. The van der Waals surface area contributed by atoms with E-state index in [1.54, 1.807) is 19.1 Å². The minimum atomic E-state index is -0.696. The van der Waals surface area contributed by atoms with Gasteiger partial charge in [-0.3, -0.25) is 0 Å². The van der Waals surface area contributed by atoms with Crippen LogP contribution in [0.4, 0.5) is 0 Å². The van der Waals surface area contributed by atoms with Crippen LogP contribution < -0.4 is 0 Å². The smallest absolute Gasteiger partial charge is 0.336 e. The molecule has 0 amide bonds. The van der Waals surface area contributed by atoms with E-state index in [1.807, 2.05) is 13.8 Å². The lowest BCUT2D eigenvalue weighted by Crippen LogP contribution is -2.34. The van der Waals surface area contributed by atoms with E-state index in [1.165, 1.54) is 6.08 Å². The predicted octanol–water partition coefficient (Wildman–Crippen LogP) is 1.98. The van der Waals surface area contributed by atoms with Crippen LogP contribution in [0.3, 0.4) is 0 Å². The number of aliphatic hydroxyl groups is 2. The van der Waals surface area contributed by atoms with Crippen LogP contribution in [0.1, 0.15) is 33.6 Å². The molecule has 1 heterocycles. The molecule has 0 bridgehead atoms. The number of rotatable bonds is 3. The van der Waals surface area contributed by atoms with E-state index >= 15 is 0 Å². The van der Waals surface area contributed by atoms with Crippen LogP contribution in [0.25, 0.3) is 0 Å². The first-order chi connectivity index (χ1) is 12.3. The Labute approximate surface area is 153 Å². The second kappa shape index (κ2) is 8.47. The van der Waals surface area contributed by atoms with Gasteiger partial charge in [0, 0.05) is 12.0 Å². The number of hydrogen-bond donors (Lipinski definition) is 2. The molecule has 2 rings (SSSR count). The van der Waals surface area contributed by atoms with Gasteiger partial charge in [-0.25, -0.2) is 9.59 Å². The van der Waals surface area contributed by atoms with Gasteiger partial charge < -0.3 is 19.7 Å². The molecule has 26 heavy (non-hydrogen) atoms. The summed E-state index contributed by atoms with van der Waals surface area (Å²) in [5, 5.41) is 19.4. The molecule has 1 aliphatic heterocycles. The maximum Gasteiger partial charge on any atom is 0.336 e. The summed E-state index contributed by atoms with van der Waals surface area (Å²) in [4.78, 5) is 24.4. The maximum atomic E-state index is 12.3. The summed E-state index contributed by atoms with van der Waals surface area (Å²) in [5.41, 5.74) is 2.11. The van der Waals surface area contributed by atoms with Crippen molar-refractivity contribution in [1.82, 2.24) is 0 Å². The zero-order valence-corrected chi connectivity index (χ0v) is 15.4. The summed E-state index contributed by atoms with van der Waals surface area (Å²) in [6, 6.07) is 0. The molecule has 0 aromatic heterocycles. The van der Waals surface area contributed by atoms with Crippen LogP contribution >= 0.6 is 0 Å². The molecule has 1 fully saturated rings. The Morgan fingerprint density at radius 1 is 1.35 bits per heavy atom. The quantitative estimate of drug-likeness (QED) is 0.453. The van der Waals surface area contributed by atoms with E-state index in [2.05, 4.69) is 6.58 Å². The van der Waals surface area contributed by atoms with E-state index in [0.717, 1.165) is 11.1 Å². The molecule has 0 aromatic carbocycles. The van der Waals surface area contributed by atoms with E-state index in [-0.39, 0.29) is 11.1 Å². The highest BCUT2D eigenvalue weighted by Gasteiger charge is 2.44. The fourth-order valence-electron chi connectivity index (χ4n) is 3.36. The average molecular weight is 362 g/mol. The summed E-state index contributed by atoms with van der Waals surface area (Å²) in [6.07, 6.45) is 3.79. The number of aliphatic hydroxyl groups excluding tert-OH is 2. The summed E-state index contributed by atoms with van der Waals surface area (Å²) in [5.74, 6) is -1.67. The Balaban J connectivity index is 2.41. The SMILES string of the molecule is C=C1C(=O)OC2/C=C(/C)CC(O)/C=C(/C)CC(OC(=O)/C(=C\C)CO)C12. The highest BCUT2D eigenvalue weighted by atomic mass is 16.6. The van der Waals surface area contributed by atoms with Gasteiger partial charge in [-0.2, -0.15) is 0 Å². The highest BCUT2D eigenvalue weighted by Crippen LogP contribution is 2.36. The number of carbonyl (C=O) groups is 2. The molecule has 0 spiro atoms. The summed E-state index contributed by atoms with van der Waals surface area (Å²) < 4.78 is 11.0. The number of allylic oxidation sites excluding steroid dienone is 1. The van der Waals surface area contributed by atoms with Crippen molar-refractivity contribution >= 4 is 11.9 Å². The van der Waals surface area contributed by atoms with Gasteiger partial charge >= 0.3 is 11.9 Å².